The van der Waals surface area contributed by atoms with E-state index < -0.39 is 8.32 Å². The Kier molecular flexibility index (Phi) is 7.74. The number of anilines is 1. The first-order valence-corrected chi connectivity index (χ1v) is 14.4. The molecule has 0 aliphatic carbocycles. The lowest BCUT2D eigenvalue weighted by atomic mass is 9.96. The van der Waals surface area contributed by atoms with E-state index in [0.717, 1.165) is 25.9 Å². The summed E-state index contributed by atoms with van der Waals surface area (Å²) in [5.41, 5.74) is 2.03. The van der Waals surface area contributed by atoms with Crippen LogP contribution in [0.1, 0.15) is 39.2 Å². The van der Waals surface area contributed by atoms with Gasteiger partial charge < -0.3 is 9.74 Å². The van der Waals surface area contributed by atoms with Gasteiger partial charge in [0.15, 0.2) is 8.32 Å². The molecule has 0 amide bonds. The van der Waals surface area contributed by atoms with E-state index in [4.69, 9.17) is 4.43 Å². The molecule has 32 heavy (non-hydrogen) atoms. The number of rotatable bonds is 8. The van der Waals surface area contributed by atoms with Crippen molar-refractivity contribution in [3.05, 3.63) is 70.3 Å². The second kappa shape index (κ2) is 10.1. The van der Waals surface area contributed by atoms with Crippen LogP contribution >= 0.6 is 0 Å². The molecular formula is C25H37N3O3Si. The van der Waals surface area contributed by atoms with Gasteiger partial charge in [-0.25, -0.2) is 0 Å². The molecule has 2 aromatic carbocycles. The number of hydrogen-bond donors (Lipinski definition) is 1. The third kappa shape index (κ3) is 6.18. The summed E-state index contributed by atoms with van der Waals surface area (Å²) in [6.45, 7) is 13.9. The maximum atomic E-state index is 11.4. The quantitative estimate of drug-likeness (QED) is 0.298. The van der Waals surface area contributed by atoms with E-state index in [1.54, 1.807) is 18.2 Å². The highest BCUT2D eigenvalue weighted by Gasteiger charge is 2.39. The van der Waals surface area contributed by atoms with E-state index in [1.165, 1.54) is 5.56 Å². The number of nitro benzene ring substituents is 1. The number of nitro groups is 1. The minimum Gasteiger partial charge on any atom is -0.415 e. The summed E-state index contributed by atoms with van der Waals surface area (Å²) < 4.78 is 6.62. The Labute approximate surface area is 193 Å². The molecule has 0 radical (unpaired) electrons. The molecule has 1 aliphatic heterocycles. The average Bonchev–Trinajstić information content (AvgIpc) is 2.74. The van der Waals surface area contributed by atoms with Crippen LogP contribution in [0.4, 0.5) is 11.4 Å². The number of likely N-dealkylation sites (tertiary alicyclic amines) is 1. The van der Waals surface area contributed by atoms with E-state index in [0.29, 0.717) is 12.3 Å². The molecule has 7 heteroatoms. The fourth-order valence-electron chi connectivity index (χ4n) is 3.93. The lowest BCUT2D eigenvalue weighted by Crippen LogP contribution is -2.51. The zero-order valence-corrected chi connectivity index (χ0v) is 21.0. The van der Waals surface area contributed by atoms with Crippen molar-refractivity contribution < 1.29 is 9.35 Å². The monoisotopic (exact) mass is 455 g/mol. The van der Waals surface area contributed by atoms with Gasteiger partial charge in [0.25, 0.3) is 5.69 Å². The second-order valence-electron chi connectivity index (χ2n) is 10.3. The number of hydrogen-bond acceptors (Lipinski definition) is 5. The second-order valence-corrected chi connectivity index (χ2v) is 15.1. The smallest absolute Gasteiger partial charge is 0.292 e. The highest BCUT2D eigenvalue weighted by atomic mass is 28.4. The molecular weight excluding hydrogens is 418 g/mol. The normalized spacial score (nSPS) is 20.2. The lowest BCUT2D eigenvalue weighted by Gasteiger charge is -2.43. The Morgan fingerprint density at radius 1 is 1.12 bits per heavy atom. The van der Waals surface area contributed by atoms with E-state index >= 15 is 0 Å². The van der Waals surface area contributed by atoms with Gasteiger partial charge in [-0.2, -0.15) is 0 Å². The first kappa shape index (κ1) is 24.4. The van der Waals surface area contributed by atoms with E-state index in [2.05, 4.69) is 68.3 Å². The van der Waals surface area contributed by atoms with Gasteiger partial charge >= 0.3 is 0 Å². The summed E-state index contributed by atoms with van der Waals surface area (Å²) in [7, 11) is -1.87. The van der Waals surface area contributed by atoms with E-state index in [1.807, 2.05) is 12.1 Å². The topological polar surface area (TPSA) is 67.6 Å². The molecule has 174 valence electrons. The Balaban J connectivity index is 1.74. The van der Waals surface area contributed by atoms with Gasteiger partial charge in [-0.3, -0.25) is 15.0 Å². The third-order valence-electron chi connectivity index (χ3n) is 6.97. The van der Waals surface area contributed by atoms with Crippen LogP contribution in [0, 0.1) is 10.1 Å². The summed E-state index contributed by atoms with van der Waals surface area (Å²) >= 11 is 0. The fraction of sp³-hybridized carbons (Fsp3) is 0.520. The van der Waals surface area contributed by atoms with Crippen LogP contribution < -0.4 is 5.32 Å². The number of piperidine rings is 1. The molecule has 1 saturated heterocycles. The standard InChI is InChI=1S/C25H37N3O3Si/c1-25(2,3)32(4,5)31-19-22-17-21(26-23-13-9-10-14-24(23)28(29)30)15-16-27(22)18-20-11-7-6-8-12-20/h6-14,21-22,26H,15-19H2,1-5H3. The van der Waals surface area contributed by atoms with Crippen molar-refractivity contribution in [1.29, 1.82) is 0 Å². The van der Waals surface area contributed by atoms with Crippen LogP contribution in [0.3, 0.4) is 0 Å². The van der Waals surface area contributed by atoms with Crippen molar-refractivity contribution in [2.24, 2.45) is 0 Å². The summed E-state index contributed by atoms with van der Waals surface area (Å²) in [5, 5.41) is 15.1. The highest BCUT2D eigenvalue weighted by Crippen LogP contribution is 2.37. The Morgan fingerprint density at radius 2 is 1.78 bits per heavy atom. The van der Waals surface area contributed by atoms with Crippen LogP contribution in [0.5, 0.6) is 0 Å². The van der Waals surface area contributed by atoms with Gasteiger partial charge in [-0.05, 0) is 42.6 Å². The van der Waals surface area contributed by atoms with E-state index in [9.17, 15) is 10.1 Å². The maximum Gasteiger partial charge on any atom is 0.292 e. The molecule has 0 bridgehead atoms. The molecule has 6 nitrogen and oxygen atoms in total. The van der Waals surface area contributed by atoms with Crippen LogP contribution in [0.15, 0.2) is 54.6 Å². The number of benzene rings is 2. The lowest BCUT2D eigenvalue weighted by molar-refractivity contribution is -0.384. The summed E-state index contributed by atoms with van der Waals surface area (Å²) in [5.74, 6) is 0. The molecule has 0 spiro atoms. The molecule has 2 aromatic rings. The van der Waals surface area contributed by atoms with Crippen molar-refractivity contribution in [3.8, 4) is 0 Å². The molecule has 0 aromatic heterocycles. The predicted octanol–water partition coefficient (Wildman–Crippen LogP) is 6.06. The average molecular weight is 456 g/mol. The number of para-hydroxylation sites is 2. The molecule has 2 unspecified atom stereocenters. The van der Waals surface area contributed by atoms with Crippen LogP contribution in [-0.2, 0) is 11.0 Å². The van der Waals surface area contributed by atoms with Gasteiger partial charge in [0, 0.05) is 37.8 Å². The van der Waals surface area contributed by atoms with Gasteiger partial charge in [-0.15, -0.1) is 0 Å². The molecule has 3 rings (SSSR count). The summed E-state index contributed by atoms with van der Waals surface area (Å²) in [6.07, 6.45) is 1.84. The van der Waals surface area contributed by atoms with E-state index in [-0.39, 0.29) is 27.7 Å². The van der Waals surface area contributed by atoms with Crippen molar-refractivity contribution in [3.63, 3.8) is 0 Å². The molecule has 1 heterocycles. The predicted molar refractivity (Wildman–Crippen MR) is 134 cm³/mol. The molecule has 0 saturated carbocycles. The zero-order valence-electron chi connectivity index (χ0n) is 20.0. The molecule has 1 aliphatic rings. The van der Waals surface area contributed by atoms with Gasteiger partial charge in [0.05, 0.1) is 4.92 Å². The zero-order chi connectivity index (χ0) is 23.4. The summed E-state index contributed by atoms with van der Waals surface area (Å²) in [4.78, 5) is 13.6. The van der Waals surface area contributed by atoms with Crippen molar-refractivity contribution in [1.82, 2.24) is 4.90 Å². The molecule has 2 atom stereocenters. The SMILES string of the molecule is CC(C)(C)[Si](C)(C)OCC1CC(Nc2ccccc2[N+](=O)[O-])CCN1Cc1ccccc1. The third-order valence-corrected chi connectivity index (χ3v) is 11.5. The number of nitrogens with zero attached hydrogens (tertiary/aromatic N) is 2. The van der Waals surface area contributed by atoms with Crippen molar-refractivity contribution >= 4 is 19.7 Å². The van der Waals surface area contributed by atoms with Gasteiger partial charge in [0.2, 0.25) is 0 Å². The van der Waals surface area contributed by atoms with Crippen LogP contribution in [0.25, 0.3) is 0 Å². The van der Waals surface area contributed by atoms with Gasteiger partial charge in [-0.1, -0.05) is 63.2 Å². The minimum absolute atomic E-state index is 0.133. The first-order valence-electron chi connectivity index (χ1n) is 11.5. The molecule has 1 fully saturated rings. The van der Waals surface area contributed by atoms with Crippen molar-refractivity contribution in [2.45, 2.75) is 70.4 Å². The number of nitrogens with one attached hydrogen (secondary N) is 1. The molecule has 1 N–H and O–H groups in total. The van der Waals surface area contributed by atoms with Crippen molar-refractivity contribution in [2.75, 3.05) is 18.5 Å². The maximum absolute atomic E-state index is 11.4. The van der Waals surface area contributed by atoms with Gasteiger partial charge in [0.1, 0.15) is 5.69 Å². The van der Waals surface area contributed by atoms with Crippen LogP contribution in [0.2, 0.25) is 18.1 Å². The minimum atomic E-state index is -1.87. The first-order chi connectivity index (χ1) is 15.1. The summed E-state index contributed by atoms with van der Waals surface area (Å²) in [6, 6.07) is 17.9. The largest absolute Gasteiger partial charge is 0.415 e. The Morgan fingerprint density at radius 3 is 2.44 bits per heavy atom. The highest BCUT2D eigenvalue weighted by molar-refractivity contribution is 6.74. The van der Waals surface area contributed by atoms with Crippen LogP contribution in [-0.4, -0.2) is 43.4 Å². The Hall–Kier alpha value is -2.22. The fourth-order valence-corrected chi connectivity index (χ4v) is 4.97. The Bertz CT molecular complexity index is 899.